The van der Waals surface area contributed by atoms with Gasteiger partial charge in [0.15, 0.2) is 0 Å². The van der Waals surface area contributed by atoms with Crippen molar-refractivity contribution in [2.24, 2.45) is 0 Å². The maximum absolute atomic E-state index is 13.7. The zero-order chi connectivity index (χ0) is 23.5. The Morgan fingerprint density at radius 3 is 2.76 bits per heavy atom. The minimum atomic E-state index is -0.735. The number of H-pyrrole nitrogens is 1. The summed E-state index contributed by atoms with van der Waals surface area (Å²) in [5.74, 6) is -0.746. The predicted octanol–water partition coefficient (Wildman–Crippen LogP) is 4.31. The van der Waals surface area contributed by atoms with Crippen molar-refractivity contribution < 1.29 is 18.7 Å². The lowest BCUT2D eigenvalue weighted by molar-refractivity contribution is -0.141. The molecule has 4 aromatic rings. The molecule has 2 aromatic carbocycles. The summed E-state index contributed by atoms with van der Waals surface area (Å²) in [6.45, 7) is 1.13. The molecule has 174 valence electrons. The summed E-state index contributed by atoms with van der Waals surface area (Å²) in [4.78, 5) is 32.1. The van der Waals surface area contributed by atoms with Crippen LogP contribution in [0.2, 0.25) is 0 Å². The van der Waals surface area contributed by atoms with Gasteiger partial charge in [0.25, 0.3) is 5.91 Å². The molecule has 0 radical (unpaired) electrons. The Kier molecular flexibility index (Phi) is 6.42. The molecule has 0 bridgehead atoms. The van der Waals surface area contributed by atoms with Crippen molar-refractivity contribution >= 4 is 34.1 Å². The van der Waals surface area contributed by atoms with Crippen molar-refractivity contribution in [1.82, 2.24) is 15.2 Å². The topological polar surface area (TPSA) is 74.4 Å². The number of benzene rings is 2. The van der Waals surface area contributed by atoms with Crippen LogP contribution in [0.25, 0.3) is 10.9 Å². The Hall–Kier alpha value is -3.49. The summed E-state index contributed by atoms with van der Waals surface area (Å²) in [6, 6.07) is 16.8. The summed E-state index contributed by atoms with van der Waals surface area (Å²) in [5.41, 5.74) is 2.76. The second kappa shape index (κ2) is 9.79. The van der Waals surface area contributed by atoms with Crippen molar-refractivity contribution in [3.63, 3.8) is 0 Å². The summed E-state index contributed by atoms with van der Waals surface area (Å²) < 4.78 is 19.2. The van der Waals surface area contributed by atoms with Crippen molar-refractivity contribution in [1.29, 1.82) is 0 Å². The Bertz CT molecular complexity index is 1290. The smallest absolute Gasteiger partial charge is 0.262 e. The van der Waals surface area contributed by atoms with Gasteiger partial charge in [-0.3, -0.25) is 9.59 Å². The predicted molar refractivity (Wildman–Crippen MR) is 129 cm³/mol. The fourth-order valence-electron chi connectivity index (χ4n) is 4.31. The highest BCUT2D eigenvalue weighted by atomic mass is 32.1. The summed E-state index contributed by atoms with van der Waals surface area (Å²) >= 11 is 1.34. The lowest BCUT2D eigenvalue weighted by atomic mass is 10.0. The number of aromatic amines is 1. The van der Waals surface area contributed by atoms with Crippen molar-refractivity contribution in [2.75, 3.05) is 19.7 Å². The van der Waals surface area contributed by atoms with E-state index >= 15 is 0 Å². The molecule has 1 aliphatic rings. The molecule has 3 heterocycles. The van der Waals surface area contributed by atoms with Crippen LogP contribution in [0, 0.1) is 5.82 Å². The molecule has 1 saturated heterocycles. The molecule has 0 spiro atoms. The van der Waals surface area contributed by atoms with Gasteiger partial charge in [-0.2, -0.15) is 0 Å². The molecule has 1 fully saturated rings. The third-order valence-electron chi connectivity index (χ3n) is 6.07. The monoisotopic (exact) mass is 477 g/mol. The van der Waals surface area contributed by atoms with Crippen LogP contribution in [-0.2, 0) is 16.0 Å². The van der Waals surface area contributed by atoms with Crippen molar-refractivity contribution in [3.05, 3.63) is 94.1 Å². The number of thiophene rings is 1. The molecule has 0 saturated carbocycles. The van der Waals surface area contributed by atoms with E-state index < -0.39 is 6.04 Å². The van der Waals surface area contributed by atoms with Gasteiger partial charge in [-0.1, -0.05) is 36.4 Å². The number of nitrogens with zero attached hydrogens (tertiary/aromatic N) is 1. The maximum atomic E-state index is 13.7. The molecule has 2 unspecified atom stereocenters. The van der Waals surface area contributed by atoms with Gasteiger partial charge in [0.1, 0.15) is 18.0 Å². The average Bonchev–Trinajstić information content (AvgIpc) is 3.55. The number of carbonyl (C=O) groups excluding carboxylic acids is 2. The molecule has 1 aliphatic heterocycles. The standard InChI is InChI=1S/C26H24FN3O3S/c27-19-9-7-17(8-10-19)23-16-30(11-12-33-23)26(32)22(29-25(31)24-6-3-13-34-24)14-18-15-28-21-5-2-1-4-20(18)21/h1-10,13,15,22-23,28H,11-12,14,16H2,(H,29,31). The van der Waals surface area contributed by atoms with Gasteiger partial charge in [-0.25, -0.2) is 4.39 Å². The summed E-state index contributed by atoms with van der Waals surface area (Å²) in [5, 5.41) is 5.82. The minimum absolute atomic E-state index is 0.161. The Balaban J connectivity index is 1.38. The van der Waals surface area contributed by atoms with Gasteiger partial charge in [-0.15, -0.1) is 11.3 Å². The van der Waals surface area contributed by atoms with E-state index in [1.807, 2.05) is 41.9 Å². The zero-order valence-corrected chi connectivity index (χ0v) is 19.2. The first-order valence-corrected chi connectivity index (χ1v) is 12.0. The fraction of sp³-hybridized carbons (Fsp3) is 0.231. The van der Waals surface area contributed by atoms with E-state index in [2.05, 4.69) is 10.3 Å². The molecule has 34 heavy (non-hydrogen) atoms. The van der Waals surface area contributed by atoms with E-state index in [9.17, 15) is 14.0 Å². The first kappa shape index (κ1) is 22.3. The zero-order valence-electron chi connectivity index (χ0n) is 18.4. The van der Waals surface area contributed by atoms with E-state index in [0.717, 1.165) is 22.0 Å². The lowest BCUT2D eigenvalue weighted by Gasteiger charge is -2.35. The second-order valence-electron chi connectivity index (χ2n) is 8.26. The quantitative estimate of drug-likeness (QED) is 0.435. The van der Waals surface area contributed by atoms with Gasteiger partial charge in [0.2, 0.25) is 5.91 Å². The van der Waals surface area contributed by atoms with E-state index in [0.29, 0.717) is 31.0 Å². The van der Waals surface area contributed by atoms with Crippen LogP contribution in [0.3, 0.4) is 0 Å². The number of morpholine rings is 1. The number of amides is 2. The number of halogens is 1. The van der Waals surface area contributed by atoms with Gasteiger partial charge in [-0.05, 0) is 40.8 Å². The van der Waals surface area contributed by atoms with E-state index in [1.54, 1.807) is 23.1 Å². The van der Waals surface area contributed by atoms with Crippen LogP contribution < -0.4 is 5.32 Å². The number of ether oxygens (including phenoxy) is 1. The minimum Gasteiger partial charge on any atom is -0.370 e. The van der Waals surface area contributed by atoms with Crippen molar-refractivity contribution in [3.8, 4) is 0 Å². The highest BCUT2D eigenvalue weighted by molar-refractivity contribution is 7.12. The fourth-order valence-corrected chi connectivity index (χ4v) is 4.93. The molecule has 2 atom stereocenters. The number of aromatic nitrogens is 1. The largest absolute Gasteiger partial charge is 0.370 e. The molecule has 2 amide bonds. The van der Waals surface area contributed by atoms with E-state index in [-0.39, 0.29) is 23.7 Å². The molecule has 0 aliphatic carbocycles. The number of fused-ring (bicyclic) bond motifs is 1. The molecule has 8 heteroatoms. The van der Waals surface area contributed by atoms with Crippen LogP contribution in [0.5, 0.6) is 0 Å². The summed E-state index contributed by atoms with van der Waals surface area (Å²) in [6.07, 6.45) is 1.90. The van der Waals surface area contributed by atoms with E-state index in [1.165, 1.54) is 23.5 Å². The number of hydrogen-bond acceptors (Lipinski definition) is 4. The SMILES string of the molecule is O=C(NC(Cc1c[nH]c2ccccc12)C(=O)N1CCOC(c2ccc(F)cc2)C1)c1cccs1. The molecule has 2 N–H and O–H groups in total. The van der Waals surface area contributed by atoms with Crippen LogP contribution in [0.15, 0.2) is 72.2 Å². The van der Waals surface area contributed by atoms with Crippen LogP contribution in [0.4, 0.5) is 4.39 Å². The van der Waals surface area contributed by atoms with Gasteiger partial charge >= 0.3 is 0 Å². The number of carbonyl (C=O) groups is 2. The van der Waals surface area contributed by atoms with Crippen LogP contribution in [-0.4, -0.2) is 47.4 Å². The number of nitrogens with one attached hydrogen (secondary N) is 2. The highest BCUT2D eigenvalue weighted by Gasteiger charge is 2.32. The summed E-state index contributed by atoms with van der Waals surface area (Å²) in [7, 11) is 0. The number of hydrogen-bond donors (Lipinski definition) is 2. The number of para-hydroxylation sites is 1. The van der Waals surface area contributed by atoms with Gasteiger partial charge in [0, 0.05) is 30.1 Å². The Labute approximate surface area is 200 Å². The van der Waals surface area contributed by atoms with Crippen LogP contribution >= 0.6 is 11.3 Å². The van der Waals surface area contributed by atoms with Gasteiger partial charge < -0.3 is 19.9 Å². The Morgan fingerprint density at radius 1 is 1.15 bits per heavy atom. The van der Waals surface area contributed by atoms with Crippen LogP contribution in [0.1, 0.15) is 26.9 Å². The van der Waals surface area contributed by atoms with Crippen molar-refractivity contribution in [2.45, 2.75) is 18.6 Å². The molecule has 6 nitrogen and oxygen atoms in total. The molecular formula is C26H24FN3O3S. The third kappa shape index (κ3) is 4.73. The van der Waals surface area contributed by atoms with E-state index in [4.69, 9.17) is 4.74 Å². The Morgan fingerprint density at radius 2 is 1.97 bits per heavy atom. The average molecular weight is 478 g/mol. The molecular weight excluding hydrogens is 453 g/mol. The third-order valence-corrected chi connectivity index (χ3v) is 6.94. The lowest BCUT2D eigenvalue weighted by Crippen LogP contribution is -2.53. The first-order valence-electron chi connectivity index (χ1n) is 11.1. The van der Waals surface area contributed by atoms with Gasteiger partial charge in [0.05, 0.1) is 18.0 Å². The molecule has 2 aromatic heterocycles. The molecule has 5 rings (SSSR count). The highest BCUT2D eigenvalue weighted by Crippen LogP contribution is 2.25. The normalized spacial score (nSPS) is 17.0. The second-order valence-corrected chi connectivity index (χ2v) is 9.21. The number of rotatable bonds is 6. The first-order chi connectivity index (χ1) is 16.6. The maximum Gasteiger partial charge on any atom is 0.262 e.